The molecular weight excluding hydrogens is 387 g/mol. The van der Waals surface area contributed by atoms with Crippen LogP contribution in [-0.2, 0) is 9.47 Å². The number of allylic oxidation sites excluding steroid dienone is 4. The van der Waals surface area contributed by atoms with Gasteiger partial charge in [-0.25, -0.2) is 0 Å². The van der Waals surface area contributed by atoms with E-state index in [1.165, 1.54) is 69.8 Å². The highest BCUT2D eigenvalue weighted by molar-refractivity contribution is 7.67. The molecule has 0 aliphatic heterocycles. The highest BCUT2D eigenvalue weighted by Crippen LogP contribution is 2.56. The largest absolute Gasteiger partial charge is 0.501 e. The lowest BCUT2D eigenvalue weighted by Gasteiger charge is -2.40. The minimum absolute atomic E-state index is 0.213. The minimum Gasteiger partial charge on any atom is -0.501 e. The molecule has 2 aliphatic rings. The molecule has 2 fully saturated rings. The van der Waals surface area contributed by atoms with Gasteiger partial charge in [0, 0.05) is 0 Å². The zero-order valence-corrected chi connectivity index (χ0v) is 20.1. The number of rotatable bonds is 8. The van der Waals surface area contributed by atoms with Gasteiger partial charge in [-0.05, 0) is 60.9 Å². The Morgan fingerprint density at radius 2 is 1.47 bits per heavy atom. The molecule has 2 saturated carbocycles. The number of ether oxygens (including phenoxy) is 2. The van der Waals surface area contributed by atoms with E-state index in [0.717, 1.165) is 28.4 Å². The molecule has 1 aromatic carbocycles. The van der Waals surface area contributed by atoms with Gasteiger partial charge in [0.05, 0.1) is 19.8 Å². The fourth-order valence-electron chi connectivity index (χ4n) is 5.28. The van der Waals surface area contributed by atoms with Crippen LogP contribution in [0.4, 0.5) is 0 Å². The summed E-state index contributed by atoms with van der Waals surface area (Å²) in [6, 6.07) is 9.10. The van der Waals surface area contributed by atoms with E-state index in [-0.39, 0.29) is 7.92 Å². The van der Waals surface area contributed by atoms with Crippen LogP contribution in [0.3, 0.4) is 0 Å². The second-order valence-corrected chi connectivity index (χ2v) is 11.4. The standard InChI is InChI=1S/C27H39O2P/c1-5-14-25(29-4)27(21(2)28-3)24-19-12-13-20-26(24)30(22-15-8-6-9-16-22)23-17-10-7-11-18-23/h5,12-14,19-20,22-23H,1,6-11,15-18H2,2-4H3/b25-14+,27-21+. The molecule has 0 bridgehead atoms. The summed E-state index contributed by atoms with van der Waals surface area (Å²) in [4.78, 5) is 0. The van der Waals surface area contributed by atoms with E-state index in [9.17, 15) is 0 Å². The maximum Gasteiger partial charge on any atom is 0.130 e. The van der Waals surface area contributed by atoms with E-state index < -0.39 is 0 Å². The van der Waals surface area contributed by atoms with Crippen molar-refractivity contribution in [1.82, 2.24) is 0 Å². The Balaban J connectivity index is 2.13. The highest BCUT2D eigenvalue weighted by Gasteiger charge is 2.34. The summed E-state index contributed by atoms with van der Waals surface area (Å²) in [5.41, 5.74) is 4.09. The summed E-state index contributed by atoms with van der Waals surface area (Å²) >= 11 is 0. The van der Waals surface area contributed by atoms with Gasteiger partial charge in [-0.1, -0.05) is 83.4 Å². The lowest BCUT2D eigenvalue weighted by atomic mass is 9.99. The zero-order chi connectivity index (χ0) is 21.3. The van der Waals surface area contributed by atoms with Crippen molar-refractivity contribution in [1.29, 1.82) is 0 Å². The molecule has 3 rings (SSSR count). The van der Waals surface area contributed by atoms with Crippen molar-refractivity contribution in [3.05, 3.63) is 60.1 Å². The van der Waals surface area contributed by atoms with Crippen LogP contribution in [0.25, 0.3) is 5.57 Å². The molecule has 0 atom stereocenters. The number of benzene rings is 1. The van der Waals surface area contributed by atoms with Crippen molar-refractivity contribution in [3.63, 3.8) is 0 Å². The molecule has 0 saturated heterocycles. The van der Waals surface area contributed by atoms with Gasteiger partial charge in [-0.15, -0.1) is 0 Å². The van der Waals surface area contributed by atoms with Gasteiger partial charge < -0.3 is 9.47 Å². The van der Waals surface area contributed by atoms with E-state index in [0.29, 0.717) is 0 Å². The van der Waals surface area contributed by atoms with Gasteiger partial charge in [-0.2, -0.15) is 0 Å². The monoisotopic (exact) mass is 426 g/mol. The molecule has 3 heteroatoms. The highest BCUT2D eigenvalue weighted by atomic mass is 31.1. The first-order valence-electron chi connectivity index (χ1n) is 11.7. The second kappa shape index (κ2) is 11.8. The van der Waals surface area contributed by atoms with Crippen molar-refractivity contribution in [2.45, 2.75) is 82.4 Å². The van der Waals surface area contributed by atoms with Crippen LogP contribution in [0.5, 0.6) is 0 Å². The average molecular weight is 427 g/mol. The average Bonchev–Trinajstić information content (AvgIpc) is 2.81. The molecule has 164 valence electrons. The van der Waals surface area contributed by atoms with Crippen molar-refractivity contribution in [3.8, 4) is 0 Å². The molecule has 2 nitrogen and oxygen atoms in total. The van der Waals surface area contributed by atoms with Gasteiger partial charge in [0.2, 0.25) is 0 Å². The Morgan fingerprint density at radius 3 is 1.97 bits per heavy atom. The fourth-order valence-corrected chi connectivity index (χ4v) is 9.23. The third-order valence-corrected chi connectivity index (χ3v) is 10.3. The lowest BCUT2D eigenvalue weighted by Crippen LogP contribution is -2.28. The molecule has 0 unspecified atom stereocenters. The number of methoxy groups -OCH3 is 2. The van der Waals surface area contributed by atoms with E-state index in [2.05, 4.69) is 30.8 Å². The summed E-state index contributed by atoms with van der Waals surface area (Å²) in [6.45, 7) is 5.95. The normalized spacial score (nSPS) is 20.1. The Bertz CT molecular complexity index is 734. The first-order chi connectivity index (χ1) is 14.7. The maximum absolute atomic E-state index is 5.82. The Morgan fingerprint density at radius 1 is 0.900 bits per heavy atom. The van der Waals surface area contributed by atoms with Crippen molar-refractivity contribution >= 4 is 18.8 Å². The SMILES string of the molecule is C=C/C=C(OC)\C(=C(/C)OC)c1ccccc1P(C1CCCCC1)C1CCCCC1. The summed E-state index contributed by atoms with van der Waals surface area (Å²) < 4.78 is 11.6. The predicted molar refractivity (Wildman–Crippen MR) is 132 cm³/mol. The molecule has 0 N–H and O–H groups in total. The van der Waals surface area contributed by atoms with Gasteiger partial charge in [0.25, 0.3) is 0 Å². The molecule has 0 radical (unpaired) electrons. The van der Waals surface area contributed by atoms with Crippen LogP contribution in [0.2, 0.25) is 0 Å². The molecule has 2 aliphatic carbocycles. The van der Waals surface area contributed by atoms with Crippen LogP contribution >= 0.6 is 7.92 Å². The van der Waals surface area contributed by atoms with Crippen molar-refractivity contribution in [2.75, 3.05) is 14.2 Å². The Hall–Kier alpha value is -1.53. The third kappa shape index (κ3) is 5.38. The quantitative estimate of drug-likeness (QED) is 0.243. The van der Waals surface area contributed by atoms with Crippen molar-refractivity contribution in [2.24, 2.45) is 0 Å². The second-order valence-electron chi connectivity index (χ2n) is 8.61. The van der Waals surface area contributed by atoms with Gasteiger partial charge in [-0.3, -0.25) is 0 Å². The van der Waals surface area contributed by atoms with Gasteiger partial charge >= 0.3 is 0 Å². The first kappa shape index (κ1) is 23.1. The van der Waals surface area contributed by atoms with Crippen LogP contribution in [0.15, 0.2) is 54.5 Å². The molecule has 30 heavy (non-hydrogen) atoms. The number of hydrogen-bond acceptors (Lipinski definition) is 2. The van der Waals surface area contributed by atoms with E-state index in [1.807, 2.05) is 13.0 Å². The van der Waals surface area contributed by atoms with Gasteiger partial charge in [0.15, 0.2) is 0 Å². The maximum atomic E-state index is 5.82. The van der Waals surface area contributed by atoms with E-state index in [4.69, 9.17) is 9.47 Å². The molecular formula is C27H39O2P. The minimum atomic E-state index is -0.213. The lowest BCUT2D eigenvalue weighted by molar-refractivity contribution is 0.282. The molecule has 0 amide bonds. The van der Waals surface area contributed by atoms with Crippen molar-refractivity contribution < 1.29 is 9.47 Å². The Kier molecular flexibility index (Phi) is 9.06. The topological polar surface area (TPSA) is 18.5 Å². The molecule has 1 aromatic rings. The van der Waals surface area contributed by atoms with Crippen LogP contribution in [0.1, 0.15) is 76.7 Å². The summed E-state index contributed by atoms with van der Waals surface area (Å²) in [5.74, 6) is 1.73. The molecule has 0 heterocycles. The fraction of sp³-hybridized carbons (Fsp3) is 0.556. The zero-order valence-electron chi connectivity index (χ0n) is 19.2. The Labute approximate surface area is 185 Å². The van der Waals surface area contributed by atoms with E-state index in [1.54, 1.807) is 25.6 Å². The summed E-state index contributed by atoms with van der Waals surface area (Å²) in [7, 11) is 3.28. The van der Waals surface area contributed by atoms with Crippen LogP contribution in [-0.4, -0.2) is 25.5 Å². The smallest absolute Gasteiger partial charge is 0.130 e. The molecule has 0 spiro atoms. The summed E-state index contributed by atoms with van der Waals surface area (Å²) in [5, 5.41) is 1.56. The number of hydrogen-bond donors (Lipinski definition) is 0. The van der Waals surface area contributed by atoms with Gasteiger partial charge in [0.1, 0.15) is 11.5 Å². The summed E-state index contributed by atoms with van der Waals surface area (Å²) in [6.07, 6.45) is 17.8. The van der Waals surface area contributed by atoms with Crippen LogP contribution in [0, 0.1) is 0 Å². The predicted octanol–water partition coefficient (Wildman–Crippen LogP) is 7.55. The molecule has 0 aromatic heterocycles. The van der Waals surface area contributed by atoms with E-state index >= 15 is 0 Å². The first-order valence-corrected chi connectivity index (χ1v) is 13.2. The van der Waals surface area contributed by atoms with Crippen LogP contribution < -0.4 is 5.30 Å². The third-order valence-electron chi connectivity index (χ3n) is 6.78.